The zero-order valence-corrected chi connectivity index (χ0v) is 15.1. The van der Waals surface area contributed by atoms with Gasteiger partial charge >= 0.3 is 6.18 Å². The van der Waals surface area contributed by atoms with Gasteiger partial charge in [0.1, 0.15) is 5.69 Å². The van der Waals surface area contributed by atoms with E-state index in [-0.39, 0.29) is 11.6 Å². The monoisotopic (exact) mass is 394 g/mol. The molecule has 28 heavy (non-hydrogen) atoms. The molecule has 0 bridgehead atoms. The molecule has 0 spiro atoms. The smallest absolute Gasteiger partial charge is 0.379 e. The van der Waals surface area contributed by atoms with Crippen LogP contribution in [0.5, 0.6) is 0 Å². The largest absolute Gasteiger partial charge is 0.416 e. The zero-order chi connectivity index (χ0) is 20.0. The lowest BCUT2D eigenvalue weighted by molar-refractivity contribution is -0.137. The first-order valence-electron chi connectivity index (χ1n) is 8.90. The van der Waals surface area contributed by atoms with Gasteiger partial charge in [0, 0.05) is 31.9 Å². The average Bonchev–Trinajstić information content (AvgIpc) is 2.69. The van der Waals surface area contributed by atoms with Gasteiger partial charge in [-0.2, -0.15) is 13.2 Å². The maximum atomic E-state index is 12.6. The molecule has 0 aliphatic carbocycles. The van der Waals surface area contributed by atoms with Gasteiger partial charge in [0.25, 0.3) is 5.91 Å². The van der Waals surface area contributed by atoms with Gasteiger partial charge in [-0.3, -0.25) is 9.69 Å². The second-order valence-corrected chi connectivity index (χ2v) is 6.34. The molecule has 2 aromatic rings. The van der Waals surface area contributed by atoms with E-state index in [1.807, 2.05) is 0 Å². The van der Waals surface area contributed by atoms with Crippen LogP contribution in [0.25, 0.3) is 0 Å². The number of hydrogen-bond acceptors (Lipinski definition) is 5. The van der Waals surface area contributed by atoms with Crippen molar-refractivity contribution in [3.05, 3.63) is 53.9 Å². The molecule has 1 aliphatic heterocycles. The fourth-order valence-corrected chi connectivity index (χ4v) is 2.75. The van der Waals surface area contributed by atoms with Crippen LogP contribution in [0.1, 0.15) is 16.1 Å². The predicted octanol–water partition coefficient (Wildman–Crippen LogP) is 2.91. The summed E-state index contributed by atoms with van der Waals surface area (Å²) in [5.74, 6) is -0.269. The lowest BCUT2D eigenvalue weighted by Gasteiger charge is -2.26. The normalized spacial score (nSPS) is 15.2. The van der Waals surface area contributed by atoms with Crippen molar-refractivity contribution in [3.63, 3.8) is 0 Å². The molecule has 1 fully saturated rings. The summed E-state index contributed by atoms with van der Waals surface area (Å²) in [6.07, 6.45) is -2.90. The van der Waals surface area contributed by atoms with Gasteiger partial charge in [-0.05, 0) is 36.4 Å². The third kappa shape index (κ3) is 5.67. The number of alkyl halides is 3. The number of hydrogen-bond donors (Lipinski definition) is 2. The molecule has 6 nitrogen and oxygen atoms in total. The maximum Gasteiger partial charge on any atom is 0.416 e. The number of halogens is 3. The quantitative estimate of drug-likeness (QED) is 0.789. The molecule has 3 rings (SSSR count). The van der Waals surface area contributed by atoms with E-state index in [0.717, 1.165) is 31.8 Å². The van der Waals surface area contributed by atoms with Crippen molar-refractivity contribution >= 4 is 17.3 Å². The standard InChI is InChI=1S/C19H21F3N4O2/c20-19(21,22)14-1-3-15(4-2-14)25-16-5-6-17(24-13-16)18(27)23-7-8-26-9-11-28-12-10-26/h1-6,13,25H,7-12H2,(H,23,27). The molecule has 0 radical (unpaired) electrons. The topological polar surface area (TPSA) is 66.5 Å². The summed E-state index contributed by atoms with van der Waals surface area (Å²) in [7, 11) is 0. The lowest BCUT2D eigenvalue weighted by Crippen LogP contribution is -2.41. The number of morpholine rings is 1. The van der Waals surface area contributed by atoms with E-state index < -0.39 is 11.7 Å². The third-order valence-corrected chi connectivity index (χ3v) is 4.31. The third-order valence-electron chi connectivity index (χ3n) is 4.31. The van der Waals surface area contributed by atoms with Crippen molar-refractivity contribution in [2.24, 2.45) is 0 Å². The van der Waals surface area contributed by atoms with Gasteiger partial charge in [-0.15, -0.1) is 0 Å². The SMILES string of the molecule is O=C(NCCN1CCOCC1)c1ccc(Nc2ccc(C(F)(F)F)cc2)cn1. The van der Waals surface area contributed by atoms with Gasteiger partial charge in [0.05, 0.1) is 30.7 Å². The Balaban J connectivity index is 1.49. The van der Waals surface area contributed by atoms with Gasteiger partial charge in [0.2, 0.25) is 0 Å². The van der Waals surface area contributed by atoms with Crippen LogP contribution in [0.2, 0.25) is 0 Å². The number of ether oxygens (including phenoxy) is 1. The van der Waals surface area contributed by atoms with E-state index in [9.17, 15) is 18.0 Å². The number of anilines is 2. The second-order valence-electron chi connectivity index (χ2n) is 6.34. The summed E-state index contributed by atoms with van der Waals surface area (Å²) >= 11 is 0. The Kier molecular flexibility index (Phi) is 6.48. The van der Waals surface area contributed by atoms with Crippen molar-refractivity contribution in [1.82, 2.24) is 15.2 Å². The van der Waals surface area contributed by atoms with E-state index >= 15 is 0 Å². The van der Waals surface area contributed by atoms with Gasteiger partial charge in [-0.25, -0.2) is 4.98 Å². The zero-order valence-electron chi connectivity index (χ0n) is 15.1. The summed E-state index contributed by atoms with van der Waals surface area (Å²) in [4.78, 5) is 18.5. The second kappa shape index (κ2) is 9.03. The number of amides is 1. The number of aromatic nitrogens is 1. The Morgan fingerprint density at radius 3 is 2.36 bits per heavy atom. The fourth-order valence-electron chi connectivity index (χ4n) is 2.75. The highest BCUT2D eigenvalue weighted by Gasteiger charge is 2.29. The first-order valence-corrected chi connectivity index (χ1v) is 8.90. The van der Waals surface area contributed by atoms with Crippen molar-refractivity contribution in [3.8, 4) is 0 Å². The summed E-state index contributed by atoms with van der Waals surface area (Å²) in [6.45, 7) is 4.41. The van der Waals surface area contributed by atoms with Crippen LogP contribution in [0.3, 0.4) is 0 Å². The Labute approximate surface area is 160 Å². The highest BCUT2D eigenvalue weighted by atomic mass is 19.4. The molecule has 1 aliphatic rings. The summed E-state index contributed by atoms with van der Waals surface area (Å²) < 4.78 is 43.0. The molecule has 2 heterocycles. The van der Waals surface area contributed by atoms with E-state index in [4.69, 9.17) is 4.74 Å². The molecular weight excluding hydrogens is 373 g/mol. The first kappa shape index (κ1) is 20.1. The summed E-state index contributed by atoms with van der Waals surface area (Å²) in [5.41, 5.74) is 0.641. The van der Waals surface area contributed by atoms with Gasteiger partial charge in [0.15, 0.2) is 0 Å². The molecule has 0 saturated carbocycles. The number of pyridine rings is 1. The molecule has 2 N–H and O–H groups in total. The van der Waals surface area contributed by atoms with E-state index in [0.29, 0.717) is 31.1 Å². The number of rotatable bonds is 6. The van der Waals surface area contributed by atoms with Crippen LogP contribution in [-0.2, 0) is 10.9 Å². The van der Waals surface area contributed by atoms with Gasteiger partial charge in [-0.1, -0.05) is 0 Å². The highest BCUT2D eigenvalue weighted by Crippen LogP contribution is 2.30. The van der Waals surface area contributed by atoms with Crippen molar-refractivity contribution < 1.29 is 22.7 Å². The fraction of sp³-hybridized carbons (Fsp3) is 0.368. The summed E-state index contributed by atoms with van der Waals surface area (Å²) in [5, 5.41) is 5.78. The Bertz CT molecular complexity index is 773. The van der Waals surface area contributed by atoms with Crippen LogP contribution < -0.4 is 10.6 Å². The maximum absolute atomic E-state index is 12.6. The number of benzene rings is 1. The molecule has 150 valence electrons. The molecule has 1 aromatic carbocycles. The van der Waals surface area contributed by atoms with E-state index in [1.165, 1.54) is 18.3 Å². The lowest BCUT2D eigenvalue weighted by atomic mass is 10.2. The number of nitrogens with zero attached hydrogens (tertiary/aromatic N) is 2. The van der Waals surface area contributed by atoms with Crippen molar-refractivity contribution in [2.75, 3.05) is 44.7 Å². The van der Waals surface area contributed by atoms with Crippen molar-refractivity contribution in [2.45, 2.75) is 6.18 Å². The minimum absolute atomic E-state index is 0.269. The Hall–Kier alpha value is -2.65. The number of carbonyl (C=O) groups is 1. The predicted molar refractivity (Wildman–Crippen MR) is 98.6 cm³/mol. The van der Waals surface area contributed by atoms with Crippen molar-refractivity contribution in [1.29, 1.82) is 0 Å². The minimum atomic E-state index is -4.36. The molecule has 9 heteroatoms. The van der Waals surface area contributed by atoms with E-state index in [2.05, 4.69) is 20.5 Å². The number of nitrogens with one attached hydrogen (secondary N) is 2. The molecular formula is C19H21F3N4O2. The molecule has 0 atom stereocenters. The van der Waals surface area contributed by atoms with Crippen LogP contribution in [0, 0.1) is 0 Å². The molecule has 1 amide bonds. The Morgan fingerprint density at radius 1 is 1.07 bits per heavy atom. The van der Waals surface area contributed by atoms with Gasteiger partial charge < -0.3 is 15.4 Å². The van der Waals surface area contributed by atoms with Crippen LogP contribution in [0.4, 0.5) is 24.5 Å². The summed E-state index contributed by atoms with van der Waals surface area (Å²) in [6, 6.07) is 7.92. The highest BCUT2D eigenvalue weighted by molar-refractivity contribution is 5.92. The first-order chi connectivity index (χ1) is 13.4. The van der Waals surface area contributed by atoms with E-state index in [1.54, 1.807) is 12.1 Å². The average molecular weight is 394 g/mol. The molecule has 1 saturated heterocycles. The van der Waals surface area contributed by atoms with Crippen LogP contribution in [0.15, 0.2) is 42.6 Å². The van der Waals surface area contributed by atoms with Crippen LogP contribution in [-0.4, -0.2) is 55.2 Å². The minimum Gasteiger partial charge on any atom is -0.379 e. The number of carbonyl (C=O) groups excluding carboxylic acids is 1. The molecule has 1 aromatic heterocycles. The molecule has 0 unspecified atom stereocenters. The Morgan fingerprint density at radius 2 is 1.75 bits per heavy atom. The van der Waals surface area contributed by atoms with Crippen LogP contribution >= 0.6 is 0 Å².